The molecule has 0 saturated carbocycles. The number of benzene rings is 1. The molecule has 3 aliphatic rings. The molecule has 1 aromatic rings. The van der Waals surface area contributed by atoms with Crippen LogP contribution in [0.25, 0.3) is 0 Å². The molecule has 0 N–H and O–H groups in total. The maximum atomic E-state index is 6.30. The Morgan fingerprint density at radius 1 is 0.960 bits per heavy atom. The summed E-state index contributed by atoms with van der Waals surface area (Å²) in [6.45, 7) is 8.83. The standard InChI is InChI=1S/C18H25O6P/c1-17(2)11-19-16(22-17)15-14(13-10-20-18(3,4)21-13)23-25(24-15)12-8-6-5-7-9-12/h5-9,13-16H,10-11H2,1-4H3. The van der Waals surface area contributed by atoms with Gasteiger partial charge < -0.3 is 28.0 Å². The van der Waals surface area contributed by atoms with Gasteiger partial charge in [-0.05, 0) is 39.8 Å². The zero-order chi connectivity index (χ0) is 17.7. The Bertz CT molecular complexity index is 573. The fourth-order valence-electron chi connectivity index (χ4n) is 3.23. The van der Waals surface area contributed by atoms with E-state index in [0.29, 0.717) is 13.2 Å². The molecule has 3 fully saturated rings. The fourth-order valence-corrected chi connectivity index (χ4v) is 4.85. The third kappa shape index (κ3) is 3.76. The normalized spacial score (nSPS) is 39.8. The Kier molecular flexibility index (Phi) is 4.66. The van der Waals surface area contributed by atoms with Gasteiger partial charge in [0.15, 0.2) is 12.1 Å². The van der Waals surface area contributed by atoms with Crippen LogP contribution >= 0.6 is 8.38 Å². The highest BCUT2D eigenvalue weighted by molar-refractivity contribution is 7.56. The summed E-state index contributed by atoms with van der Waals surface area (Å²) in [5, 5.41) is 1.03. The molecule has 1 aromatic carbocycles. The summed E-state index contributed by atoms with van der Waals surface area (Å²) in [6.07, 6.45) is -1.33. The molecule has 3 heterocycles. The summed E-state index contributed by atoms with van der Waals surface area (Å²) >= 11 is 0. The lowest BCUT2D eigenvalue weighted by atomic mass is 10.1. The minimum atomic E-state index is -1.21. The summed E-state index contributed by atoms with van der Waals surface area (Å²) in [6, 6.07) is 9.97. The first-order chi connectivity index (χ1) is 11.8. The molecular formula is C18H25O6P. The zero-order valence-corrected chi connectivity index (χ0v) is 15.9. The van der Waals surface area contributed by atoms with Crippen molar-refractivity contribution in [3.63, 3.8) is 0 Å². The quantitative estimate of drug-likeness (QED) is 0.765. The average Bonchev–Trinajstić information content (AvgIpc) is 3.24. The van der Waals surface area contributed by atoms with Gasteiger partial charge in [-0.2, -0.15) is 0 Å². The lowest BCUT2D eigenvalue weighted by Gasteiger charge is -2.26. The van der Waals surface area contributed by atoms with E-state index < -0.39 is 20.5 Å². The largest absolute Gasteiger partial charge is 0.348 e. The van der Waals surface area contributed by atoms with Crippen LogP contribution in [0.1, 0.15) is 27.7 Å². The van der Waals surface area contributed by atoms with E-state index in [1.54, 1.807) is 0 Å². The maximum Gasteiger partial charge on any atom is 0.206 e. The van der Waals surface area contributed by atoms with E-state index in [0.717, 1.165) is 5.30 Å². The van der Waals surface area contributed by atoms with E-state index in [1.165, 1.54) is 0 Å². The molecule has 0 radical (unpaired) electrons. The van der Waals surface area contributed by atoms with Gasteiger partial charge >= 0.3 is 0 Å². The van der Waals surface area contributed by atoms with Crippen molar-refractivity contribution >= 4 is 13.7 Å². The number of ether oxygens (including phenoxy) is 4. The third-order valence-electron chi connectivity index (χ3n) is 4.42. The minimum Gasteiger partial charge on any atom is -0.348 e. The molecule has 25 heavy (non-hydrogen) atoms. The average molecular weight is 368 g/mol. The van der Waals surface area contributed by atoms with E-state index in [2.05, 4.69) is 0 Å². The highest BCUT2D eigenvalue weighted by Crippen LogP contribution is 2.51. The van der Waals surface area contributed by atoms with Crippen LogP contribution in [0.5, 0.6) is 0 Å². The van der Waals surface area contributed by atoms with Crippen LogP contribution in [-0.2, 0) is 28.0 Å². The van der Waals surface area contributed by atoms with Gasteiger partial charge in [0.05, 0.1) is 18.8 Å². The highest BCUT2D eigenvalue weighted by atomic mass is 31.2. The van der Waals surface area contributed by atoms with Crippen LogP contribution in [0.15, 0.2) is 30.3 Å². The lowest BCUT2D eigenvalue weighted by molar-refractivity contribution is -0.174. The van der Waals surface area contributed by atoms with Gasteiger partial charge in [0.2, 0.25) is 8.38 Å². The lowest BCUT2D eigenvalue weighted by Crippen LogP contribution is -2.45. The van der Waals surface area contributed by atoms with Crippen molar-refractivity contribution in [2.24, 2.45) is 0 Å². The van der Waals surface area contributed by atoms with Gasteiger partial charge in [0.1, 0.15) is 18.3 Å². The van der Waals surface area contributed by atoms with Crippen LogP contribution < -0.4 is 5.30 Å². The Morgan fingerprint density at radius 2 is 1.68 bits per heavy atom. The molecule has 0 bridgehead atoms. The predicted molar refractivity (Wildman–Crippen MR) is 92.6 cm³/mol. The Morgan fingerprint density at radius 3 is 2.28 bits per heavy atom. The number of hydrogen-bond donors (Lipinski definition) is 0. The molecule has 3 saturated heterocycles. The second kappa shape index (κ2) is 6.54. The van der Waals surface area contributed by atoms with Crippen molar-refractivity contribution in [1.29, 1.82) is 0 Å². The number of rotatable bonds is 3. The SMILES string of the molecule is CC1(C)COC(C2OP(c3ccccc3)OC2C2COC(C)(C)O2)O1. The van der Waals surface area contributed by atoms with E-state index in [4.69, 9.17) is 28.0 Å². The third-order valence-corrected chi connectivity index (χ3v) is 6.01. The van der Waals surface area contributed by atoms with Crippen molar-refractivity contribution < 1.29 is 28.0 Å². The molecule has 4 rings (SSSR count). The van der Waals surface area contributed by atoms with Crippen molar-refractivity contribution in [2.45, 2.75) is 63.7 Å². The van der Waals surface area contributed by atoms with Gasteiger partial charge in [-0.25, -0.2) is 0 Å². The second-order valence-electron chi connectivity index (χ2n) is 7.66. The van der Waals surface area contributed by atoms with Crippen LogP contribution in [0.4, 0.5) is 0 Å². The first-order valence-corrected chi connectivity index (χ1v) is 9.81. The van der Waals surface area contributed by atoms with Gasteiger partial charge in [-0.3, -0.25) is 0 Å². The van der Waals surface area contributed by atoms with E-state index in [-0.39, 0.29) is 23.9 Å². The van der Waals surface area contributed by atoms with Crippen molar-refractivity contribution in [2.75, 3.05) is 13.2 Å². The van der Waals surface area contributed by atoms with Gasteiger partial charge in [-0.15, -0.1) is 0 Å². The second-order valence-corrected chi connectivity index (χ2v) is 9.11. The van der Waals surface area contributed by atoms with Crippen molar-refractivity contribution in [1.82, 2.24) is 0 Å². The molecule has 7 heteroatoms. The molecule has 0 aliphatic carbocycles. The van der Waals surface area contributed by atoms with Crippen LogP contribution in [0.3, 0.4) is 0 Å². The molecule has 0 amide bonds. The Hall–Kier alpha value is -0.590. The van der Waals surface area contributed by atoms with Crippen LogP contribution in [-0.4, -0.2) is 49.2 Å². The van der Waals surface area contributed by atoms with E-state index >= 15 is 0 Å². The molecule has 5 atom stereocenters. The van der Waals surface area contributed by atoms with E-state index in [1.807, 2.05) is 58.0 Å². The molecule has 0 spiro atoms. The predicted octanol–water partition coefficient (Wildman–Crippen LogP) is 2.71. The minimum absolute atomic E-state index is 0.216. The Balaban J connectivity index is 1.55. The molecule has 0 aromatic heterocycles. The monoisotopic (exact) mass is 368 g/mol. The summed E-state index contributed by atoms with van der Waals surface area (Å²) in [7, 11) is -1.21. The molecule has 5 unspecified atom stereocenters. The molecule has 138 valence electrons. The molecule has 6 nitrogen and oxygen atoms in total. The first-order valence-electron chi connectivity index (χ1n) is 8.63. The summed E-state index contributed by atoms with van der Waals surface area (Å²) in [5.41, 5.74) is -0.330. The summed E-state index contributed by atoms with van der Waals surface area (Å²) in [4.78, 5) is 0. The fraction of sp³-hybridized carbons (Fsp3) is 0.667. The summed E-state index contributed by atoms with van der Waals surface area (Å²) in [5.74, 6) is -0.618. The highest BCUT2D eigenvalue weighted by Gasteiger charge is 2.53. The van der Waals surface area contributed by atoms with Gasteiger partial charge in [0.25, 0.3) is 0 Å². The van der Waals surface area contributed by atoms with Gasteiger partial charge in [-0.1, -0.05) is 18.2 Å². The van der Waals surface area contributed by atoms with Gasteiger partial charge in [0, 0.05) is 5.30 Å². The topological polar surface area (TPSA) is 55.4 Å². The first kappa shape index (κ1) is 17.8. The molecule has 3 aliphatic heterocycles. The molecular weight excluding hydrogens is 343 g/mol. The Labute approximate surface area is 149 Å². The van der Waals surface area contributed by atoms with Crippen molar-refractivity contribution in [3.05, 3.63) is 30.3 Å². The smallest absolute Gasteiger partial charge is 0.206 e. The van der Waals surface area contributed by atoms with Crippen molar-refractivity contribution in [3.8, 4) is 0 Å². The maximum absolute atomic E-state index is 6.30. The summed E-state index contributed by atoms with van der Waals surface area (Å²) < 4.78 is 36.2. The van der Waals surface area contributed by atoms with Crippen LogP contribution in [0.2, 0.25) is 0 Å². The number of hydrogen-bond acceptors (Lipinski definition) is 6. The van der Waals surface area contributed by atoms with E-state index in [9.17, 15) is 0 Å². The zero-order valence-electron chi connectivity index (χ0n) is 15.0. The van der Waals surface area contributed by atoms with Crippen LogP contribution in [0, 0.1) is 0 Å².